The van der Waals surface area contributed by atoms with Crippen molar-refractivity contribution >= 4 is 51.5 Å². The van der Waals surface area contributed by atoms with Gasteiger partial charge in [0.1, 0.15) is 22.5 Å². The van der Waals surface area contributed by atoms with Gasteiger partial charge in [0.25, 0.3) is 0 Å². The van der Waals surface area contributed by atoms with E-state index in [0.717, 1.165) is 18.4 Å². The van der Waals surface area contributed by atoms with E-state index in [2.05, 4.69) is 14.9 Å². The van der Waals surface area contributed by atoms with Crippen LogP contribution in [-0.2, 0) is 4.74 Å². The first-order chi connectivity index (χ1) is 14.5. The maximum absolute atomic E-state index is 6.60. The van der Waals surface area contributed by atoms with Gasteiger partial charge in [0.05, 0.1) is 47.6 Å². The number of hydrogen-bond donors (Lipinski definition) is 0. The molecule has 1 aliphatic rings. The summed E-state index contributed by atoms with van der Waals surface area (Å²) in [5.74, 6) is 1.88. The zero-order valence-corrected chi connectivity index (χ0v) is 18.8. The lowest BCUT2D eigenvalue weighted by atomic mass is 10.1. The molecule has 0 amide bonds. The smallest absolute Gasteiger partial charge is 0.165 e. The molecule has 30 heavy (non-hydrogen) atoms. The van der Waals surface area contributed by atoms with Crippen molar-refractivity contribution in [2.24, 2.45) is 0 Å². The number of methoxy groups -OCH3 is 3. The number of aromatic nitrogens is 3. The third kappa shape index (κ3) is 3.71. The molecule has 0 spiro atoms. The SMILES string of the molecule is COc1cc(OC)c(Cl)c(-c2nc(N3CCC(OC)C3)c3cc(Cl)ncc3n2)c1Cl. The number of anilines is 1. The summed E-state index contributed by atoms with van der Waals surface area (Å²) >= 11 is 19.3. The number of pyridine rings is 1. The number of hydrogen-bond acceptors (Lipinski definition) is 7. The Bertz CT molecular complexity index is 1080. The summed E-state index contributed by atoms with van der Waals surface area (Å²) < 4.78 is 16.3. The van der Waals surface area contributed by atoms with Crippen molar-refractivity contribution in [3.8, 4) is 22.9 Å². The number of halogens is 3. The Labute approximate surface area is 188 Å². The van der Waals surface area contributed by atoms with Gasteiger partial charge >= 0.3 is 0 Å². The molecule has 7 nitrogen and oxygen atoms in total. The van der Waals surface area contributed by atoms with Gasteiger partial charge in [0.2, 0.25) is 0 Å². The first-order valence-corrected chi connectivity index (χ1v) is 10.3. The fourth-order valence-corrected chi connectivity index (χ4v) is 4.37. The molecule has 1 fully saturated rings. The fourth-order valence-electron chi connectivity index (χ4n) is 3.54. The van der Waals surface area contributed by atoms with E-state index in [9.17, 15) is 0 Å². The second-order valence-electron chi connectivity index (χ2n) is 6.77. The zero-order chi connectivity index (χ0) is 21.4. The van der Waals surface area contributed by atoms with Gasteiger partial charge in [-0.3, -0.25) is 0 Å². The lowest BCUT2D eigenvalue weighted by Gasteiger charge is -2.21. The van der Waals surface area contributed by atoms with Crippen LogP contribution in [0.25, 0.3) is 22.3 Å². The highest BCUT2D eigenvalue weighted by atomic mass is 35.5. The van der Waals surface area contributed by atoms with Crippen LogP contribution in [0.15, 0.2) is 18.3 Å². The Kier molecular flexibility index (Phi) is 6.06. The summed E-state index contributed by atoms with van der Waals surface area (Å²) in [6, 6.07) is 3.38. The van der Waals surface area contributed by atoms with Crippen molar-refractivity contribution < 1.29 is 14.2 Å². The van der Waals surface area contributed by atoms with Crippen molar-refractivity contribution in [1.82, 2.24) is 15.0 Å². The summed E-state index contributed by atoms with van der Waals surface area (Å²) in [4.78, 5) is 15.8. The molecule has 0 saturated carbocycles. The van der Waals surface area contributed by atoms with E-state index in [1.54, 1.807) is 25.4 Å². The van der Waals surface area contributed by atoms with E-state index in [4.69, 9.17) is 54.0 Å². The molecule has 0 bridgehead atoms. The molecule has 0 radical (unpaired) electrons. The molecular formula is C20H19Cl3N4O3. The molecule has 0 N–H and O–H groups in total. The zero-order valence-electron chi connectivity index (χ0n) is 16.6. The number of rotatable bonds is 5. The van der Waals surface area contributed by atoms with Crippen LogP contribution in [0.3, 0.4) is 0 Å². The van der Waals surface area contributed by atoms with E-state index >= 15 is 0 Å². The largest absolute Gasteiger partial charge is 0.495 e. The topological polar surface area (TPSA) is 69.6 Å². The van der Waals surface area contributed by atoms with Crippen molar-refractivity contribution in [1.29, 1.82) is 0 Å². The van der Waals surface area contributed by atoms with Gasteiger partial charge in [-0.05, 0) is 12.5 Å². The number of nitrogens with zero attached hydrogens (tertiary/aromatic N) is 4. The summed E-state index contributed by atoms with van der Waals surface area (Å²) in [6.07, 6.45) is 2.62. The van der Waals surface area contributed by atoms with Gasteiger partial charge in [-0.1, -0.05) is 34.8 Å². The molecule has 1 unspecified atom stereocenters. The molecule has 1 aromatic carbocycles. The number of ether oxygens (including phenoxy) is 3. The minimum absolute atomic E-state index is 0.125. The Hall–Kier alpha value is -2.06. The van der Waals surface area contributed by atoms with Gasteiger partial charge in [0.15, 0.2) is 5.82 Å². The van der Waals surface area contributed by atoms with E-state index in [1.807, 2.05) is 0 Å². The van der Waals surface area contributed by atoms with E-state index in [0.29, 0.717) is 56.0 Å². The van der Waals surface area contributed by atoms with Crippen LogP contribution in [0, 0.1) is 0 Å². The molecular weight excluding hydrogens is 451 g/mol. The predicted molar refractivity (Wildman–Crippen MR) is 119 cm³/mol. The number of fused-ring (bicyclic) bond motifs is 1. The van der Waals surface area contributed by atoms with Gasteiger partial charge in [-0.15, -0.1) is 0 Å². The first-order valence-electron chi connectivity index (χ1n) is 9.18. The second kappa shape index (κ2) is 8.59. The lowest BCUT2D eigenvalue weighted by molar-refractivity contribution is 0.121. The summed E-state index contributed by atoms with van der Waals surface area (Å²) in [5.41, 5.74) is 1.05. The van der Waals surface area contributed by atoms with Crippen molar-refractivity contribution in [3.05, 3.63) is 33.5 Å². The van der Waals surface area contributed by atoms with Gasteiger partial charge in [-0.2, -0.15) is 0 Å². The molecule has 4 rings (SSSR count). The maximum Gasteiger partial charge on any atom is 0.165 e. The highest BCUT2D eigenvalue weighted by Crippen LogP contribution is 2.45. The lowest BCUT2D eigenvalue weighted by Crippen LogP contribution is -2.23. The van der Waals surface area contributed by atoms with Gasteiger partial charge in [0, 0.05) is 31.7 Å². The quantitative estimate of drug-likeness (QED) is 0.492. The predicted octanol–water partition coefficient (Wildman–Crippen LogP) is 4.89. The van der Waals surface area contributed by atoms with Gasteiger partial charge in [-0.25, -0.2) is 15.0 Å². The van der Waals surface area contributed by atoms with Gasteiger partial charge < -0.3 is 19.1 Å². The Morgan fingerprint density at radius 2 is 1.70 bits per heavy atom. The molecule has 1 saturated heterocycles. The highest BCUT2D eigenvalue weighted by molar-refractivity contribution is 6.41. The monoisotopic (exact) mass is 468 g/mol. The highest BCUT2D eigenvalue weighted by Gasteiger charge is 2.27. The minimum atomic E-state index is 0.125. The van der Waals surface area contributed by atoms with Crippen LogP contribution < -0.4 is 14.4 Å². The van der Waals surface area contributed by atoms with Crippen LogP contribution in [0.2, 0.25) is 15.2 Å². The molecule has 1 aliphatic heterocycles. The molecule has 1 atom stereocenters. The second-order valence-corrected chi connectivity index (χ2v) is 7.91. The van der Waals surface area contributed by atoms with Crippen molar-refractivity contribution in [3.63, 3.8) is 0 Å². The Balaban J connectivity index is 1.97. The summed E-state index contributed by atoms with van der Waals surface area (Å²) in [6.45, 7) is 1.48. The first kappa shape index (κ1) is 21.2. The van der Waals surface area contributed by atoms with E-state index in [1.165, 1.54) is 14.2 Å². The maximum atomic E-state index is 6.60. The normalized spacial score (nSPS) is 16.3. The molecule has 3 aromatic rings. The molecule has 2 aromatic heterocycles. The number of benzene rings is 1. The van der Waals surface area contributed by atoms with E-state index in [-0.39, 0.29) is 6.10 Å². The molecule has 0 aliphatic carbocycles. The Morgan fingerprint density at radius 3 is 2.30 bits per heavy atom. The third-order valence-electron chi connectivity index (χ3n) is 5.10. The summed E-state index contributed by atoms with van der Waals surface area (Å²) in [5, 5.41) is 1.75. The third-order valence-corrected chi connectivity index (χ3v) is 6.06. The van der Waals surface area contributed by atoms with Crippen molar-refractivity contribution in [2.75, 3.05) is 39.3 Å². The minimum Gasteiger partial charge on any atom is -0.495 e. The molecule has 158 valence electrons. The van der Waals surface area contributed by atoms with Crippen LogP contribution in [0.5, 0.6) is 11.5 Å². The van der Waals surface area contributed by atoms with Crippen LogP contribution in [0.4, 0.5) is 5.82 Å². The Morgan fingerprint density at radius 1 is 1.00 bits per heavy atom. The van der Waals surface area contributed by atoms with Crippen LogP contribution >= 0.6 is 34.8 Å². The average molecular weight is 470 g/mol. The standard InChI is InChI=1S/C20H19Cl3N4O3/c1-28-10-4-5-27(9-10)20-11-6-15(21)24-8-12(11)25-19(26-20)16-17(22)13(29-2)7-14(30-3)18(16)23/h6-8,10H,4-5,9H2,1-3H3. The van der Waals surface area contributed by atoms with Crippen LogP contribution in [0.1, 0.15) is 6.42 Å². The summed E-state index contributed by atoms with van der Waals surface area (Å²) in [7, 11) is 4.75. The van der Waals surface area contributed by atoms with Crippen molar-refractivity contribution in [2.45, 2.75) is 12.5 Å². The van der Waals surface area contributed by atoms with E-state index < -0.39 is 0 Å². The van der Waals surface area contributed by atoms with Crippen LogP contribution in [-0.4, -0.2) is 55.5 Å². The molecule has 3 heterocycles. The molecule has 10 heteroatoms. The average Bonchev–Trinajstić information content (AvgIpc) is 3.23. The fraction of sp³-hybridized carbons (Fsp3) is 0.350.